The van der Waals surface area contributed by atoms with E-state index in [0.29, 0.717) is 22.3 Å². The highest BCUT2D eigenvalue weighted by Gasteiger charge is 2.82. The summed E-state index contributed by atoms with van der Waals surface area (Å²) in [5.41, 5.74) is -13.3. The third kappa shape index (κ3) is 18.4. The Labute approximate surface area is 731 Å². The minimum Gasteiger partial charge on any atom is -0.456 e. The molecule has 10 aliphatic rings. The van der Waals surface area contributed by atoms with Crippen molar-refractivity contribution in [2.45, 2.75) is 342 Å². The van der Waals surface area contributed by atoms with E-state index in [9.17, 15) is 68.4 Å². The van der Waals surface area contributed by atoms with Gasteiger partial charge in [0.2, 0.25) is 0 Å². The first-order valence-corrected chi connectivity index (χ1v) is 42.6. The lowest BCUT2D eigenvalue weighted by Crippen LogP contribution is -2.83. The van der Waals surface area contributed by atoms with Crippen molar-refractivity contribution in [1.29, 1.82) is 0 Å². The molecule has 26 atom stereocenters. The Hall–Kier alpha value is -8.70. The van der Waals surface area contributed by atoms with Crippen LogP contribution in [-0.2, 0) is 105 Å². The van der Waals surface area contributed by atoms with Gasteiger partial charge in [0.15, 0.2) is 48.2 Å². The van der Waals surface area contributed by atoms with Gasteiger partial charge in [0.05, 0.1) is 60.5 Å². The van der Waals surface area contributed by atoms with E-state index in [4.69, 9.17) is 75.8 Å². The Balaban J connectivity index is 0.000000259. The summed E-state index contributed by atoms with van der Waals surface area (Å²) >= 11 is 0. The number of rotatable bonds is 22. The fourth-order valence-corrected chi connectivity index (χ4v) is 21.4. The first kappa shape index (κ1) is 98.5. The van der Waals surface area contributed by atoms with Crippen molar-refractivity contribution in [3.63, 3.8) is 0 Å². The minimum atomic E-state index is -2.23. The standard InChI is InChI=1S/2C46H63NO15.CH4/c2*1-13-32-58-30-20-31-45(22-55-31,61-26(6)49)36-38(60-39(51)27-17-15-14-16-18-27)46(54)21-29(57-40(52)34(50)28(19-23(2)3)47-41(53)62-42(7,8)9)24(4)33(43(46,10)11)35(56-25(5)48)37(59-32)44(30,36)12;/h2*13-18,23,28-32,34-38,50,54H,1,19-22H2,2-12H3,(H,47,53);1H4/t28-,29-,30-,31+,32+,34-,35-,36-,37-,38-,44+,45-,46+;28-,29-,30-,31+,32-,34-,35-,36-,37-,38-,44+,45-,46+;/m00./s1. The molecule has 4 saturated carbocycles. The van der Waals surface area contributed by atoms with Crippen LogP contribution in [0.15, 0.2) is 108 Å². The largest absolute Gasteiger partial charge is 0.456 e. The van der Waals surface area contributed by atoms with Gasteiger partial charge in [0.1, 0.15) is 71.2 Å². The molecule has 2 aromatic rings. The maximum absolute atomic E-state index is 14.4. The smallest absolute Gasteiger partial charge is 0.407 e. The summed E-state index contributed by atoms with van der Waals surface area (Å²) in [6, 6.07) is 14.1. The highest BCUT2D eigenvalue weighted by molar-refractivity contribution is 5.90. The number of aliphatic hydroxyl groups is 4. The topological polar surface area (TPSA) is 423 Å². The summed E-state index contributed by atoms with van der Waals surface area (Å²) in [7, 11) is 0. The molecular weight excluding hydrogens is 1630 g/mol. The van der Waals surface area contributed by atoms with Crippen LogP contribution in [-0.4, -0.2) is 237 Å². The van der Waals surface area contributed by atoms with Crippen molar-refractivity contribution in [3.8, 4) is 0 Å². The molecule has 6 N–H and O–H groups in total. The van der Waals surface area contributed by atoms with Crippen LogP contribution in [0, 0.1) is 45.3 Å². The fourth-order valence-electron chi connectivity index (χ4n) is 21.4. The van der Waals surface area contributed by atoms with Crippen LogP contribution in [0.2, 0.25) is 0 Å². The summed E-state index contributed by atoms with van der Waals surface area (Å²) < 4.78 is 100. The van der Waals surface area contributed by atoms with E-state index in [1.165, 1.54) is 39.8 Å². The lowest BCUT2D eigenvalue weighted by molar-refractivity contribution is -0.405. The molecule has 8 fully saturated rings. The Bertz CT molecular complexity index is 4190. The van der Waals surface area contributed by atoms with E-state index in [-0.39, 0.29) is 69.3 Å². The van der Waals surface area contributed by atoms with E-state index in [1.807, 2.05) is 41.5 Å². The van der Waals surface area contributed by atoms with Crippen molar-refractivity contribution in [3.05, 3.63) is 119 Å². The van der Waals surface area contributed by atoms with Gasteiger partial charge in [-0.3, -0.25) is 19.2 Å². The molecule has 12 rings (SSSR count). The maximum atomic E-state index is 14.4. The molecule has 4 heterocycles. The van der Waals surface area contributed by atoms with Crippen LogP contribution in [0.1, 0.15) is 219 Å². The zero-order chi connectivity index (χ0) is 91.8. The third-order valence-electron chi connectivity index (χ3n) is 26.9. The number of benzene rings is 2. The molecule has 4 saturated heterocycles. The van der Waals surface area contributed by atoms with Crippen molar-refractivity contribution in [2.75, 3.05) is 13.2 Å². The van der Waals surface area contributed by atoms with Crippen LogP contribution < -0.4 is 10.6 Å². The number of aliphatic hydroxyl groups excluding tert-OH is 2. The number of hydrogen-bond acceptors (Lipinski definition) is 30. The van der Waals surface area contributed by atoms with Crippen LogP contribution in [0.5, 0.6) is 0 Å². The predicted octanol–water partition coefficient (Wildman–Crippen LogP) is 10.4. The SMILES string of the molecule is C.C=C[C@@H]1O[C@H]2C[C@H]3OC[C@@]3(OC(C)=O)[C@H]3[C@H](OC(=O)c4ccccc4)[C@]4(O)C[C@H](OC(=O)[C@@H](O)[C@H](CC(C)C)NC(=O)OC(C)(C)C)C(C)=C([C@H](OC(C)=O)[C@H](O1)[C@]23C)C4(C)C.C=C[C@H]1O[C@H]2C[C@H]3OC[C@@]3(OC(C)=O)[C@H]3[C@H](OC(=O)c4ccccc4)[C@]4(O)C[C@H](OC(=O)[C@@H](O)[C@H](CC(C)C)NC(=O)OC(C)(C)C)C(C)=C([C@H](OC(C)=O)[C@H](O1)[C@]23C)C4(C)C. The number of amides is 2. The van der Waals surface area contributed by atoms with Crippen LogP contribution in [0.25, 0.3) is 0 Å². The first-order chi connectivity index (χ1) is 57.6. The van der Waals surface area contributed by atoms with E-state index >= 15 is 0 Å². The van der Waals surface area contributed by atoms with E-state index in [1.54, 1.807) is 144 Å². The minimum absolute atomic E-state index is 0. The quantitative estimate of drug-likeness (QED) is 0.0362. The molecule has 4 bridgehead atoms. The highest BCUT2D eigenvalue weighted by Crippen LogP contribution is 2.70. The van der Waals surface area contributed by atoms with E-state index in [2.05, 4.69) is 23.8 Å². The predicted molar refractivity (Wildman–Crippen MR) is 447 cm³/mol. The highest BCUT2D eigenvalue weighted by atomic mass is 16.7. The number of ether oxygens (including phenoxy) is 16. The normalized spacial score (nSPS) is 35.2. The number of nitrogens with one attached hydrogen (secondary N) is 2. The number of carbonyl (C=O) groups excluding carboxylic acids is 10. The van der Waals surface area contributed by atoms with Gasteiger partial charge < -0.3 is 107 Å². The van der Waals surface area contributed by atoms with Crippen LogP contribution in [0.4, 0.5) is 9.59 Å². The zero-order valence-corrected chi connectivity index (χ0v) is 75.1. The average Bonchev–Trinajstić information content (AvgIpc) is 0.666. The summed E-state index contributed by atoms with van der Waals surface area (Å²) in [6.07, 6.45) is -18.7. The molecule has 0 aromatic heterocycles. The Morgan fingerprint density at radius 1 is 0.496 bits per heavy atom. The van der Waals surface area contributed by atoms with Gasteiger partial charge in [-0.1, -0.05) is 126 Å². The molecular formula is C93H130N2O30. The maximum Gasteiger partial charge on any atom is 0.407 e. The molecule has 0 radical (unpaired) electrons. The fraction of sp³-hybridized carbons (Fsp3) is 0.677. The molecule has 32 nitrogen and oxygen atoms in total. The van der Waals surface area contributed by atoms with Gasteiger partial charge in [0.25, 0.3) is 0 Å². The Morgan fingerprint density at radius 2 is 0.824 bits per heavy atom. The van der Waals surface area contributed by atoms with Gasteiger partial charge in [0, 0.05) is 75.0 Å². The lowest BCUT2D eigenvalue weighted by atomic mass is 9.44. The summed E-state index contributed by atoms with van der Waals surface area (Å²) in [5, 5.41) is 56.2. The third-order valence-corrected chi connectivity index (χ3v) is 26.9. The summed E-state index contributed by atoms with van der Waals surface area (Å²) in [4.78, 5) is 136. The van der Waals surface area contributed by atoms with Gasteiger partial charge in [-0.2, -0.15) is 0 Å². The second-order valence-corrected chi connectivity index (χ2v) is 39.1. The number of esters is 8. The summed E-state index contributed by atoms with van der Waals surface area (Å²) in [6.45, 7) is 43.9. The molecule has 4 aliphatic heterocycles. The number of hydrogen-bond donors (Lipinski definition) is 6. The van der Waals surface area contributed by atoms with Gasteiger partial charge in [-0.05, 0) is 139 Å². The van der Waals surface area contributed by atoms with Crippen molar-refractivity contribution < 1.29 is 144 Å². The first-order valence-electron chi connectivity index (χ1n) is 42.6. The van der Waals surface area contributed by atoms with E-state index in [0.717, 1.165) is 0 Å². The molecule has 0 spiro atoms. The van der Waals surface area contributed by atoms with Crippen LogP contribution in [0.3, 0.4) is 0 Å². The molecule has 125 heavy (non-hydrogen) atoms. The van der Waals surface area contributed by atoms with E-state index < -0.39 is 250 Å². The second-order valence-electron chi connectivity index (χ2n) is 39.1. The Kier molecular flexibility index (Phi) is 28.7. The van der Waals surface area contributed by atoms with Crippen molar-refractivity contribution in [1.82, 2.24) is 10.6 Å². The molecule has 32 heteroatoms. The van der Waals surface area contributed by atoms with Gasteiger partial charge in [-0.25, -0.2) is 28.8 Å². The molecule has 6 aliphatic carbocycles. The molecule has 2 aromatic carbocycles. The van der Waals surface area contributed by atoms with Crippen molar-refractivity contribution in [2.24, 2.45) is 45.3 Å². The Morgan fingerprint density at radius 3 is 1.10 bits per heavy atom. The number of carbonyl (C=O) groups is 10. The molecule has 2 amide bonds. The monoisotopic (exact) mass is 1750 g/mol. The zero-order valence-electron chi connectivity index (χ0n) is 75.1. The number of alkyl carbamates (subject to hydrolysis) is 2. The molecule has 692 valence electrons. The molecule has 0 unspecified atom stereocenters. The van der Waals surface area contributed by atoms with Crippen molar-refractivity contribution >= 4 is 59.9 Å². The number of fused-ring (bicyclic) bond motifs is 8. The lowest BCUT2D eigenvalue weighted by Gasteiger charge is -2.71. The summed E-state index contributed by atoms with van der Waals surface area (Å²) in [5.74, 6) is -9.13. The van der Waals surface area contributed by atoms with Crippen LogP contribution >= 0.6 is 0 Å². The van der Waals surface area contributed by atoms with Gasteiger partial charge >= 0.3 is 59.9 Å². The second kappa shape index (κ2) is 36.4. The van der Waals surface area contributed by atoms with Gasteiger partial charge in [-0.15, -0.1) is 0 Å². The average molecular weight is 1760 g/mol.